The Morgan fingerprint density at radius 3 is 2.74 bits per heavy atom. The molecule has 1 N–H and O–H groups in total. The van der Waals surface area contributed by atoms with Crippen LogP contribution in [0.4, 0.5) is 4.39 Å². The van der Waals surface area contributed by atoms with Crippen LogP contribution in [0.15, 0.2) is 34.9 Å². The maximum Gasteiger partial charge on any atom is 0.399 e. The number of para-hydroxylation sites is 1. The van der Waals surface area contributed by atoms with Gasteiger partial charge in [-0.25, -0.2) is 4.39 Å². The third-order valence-electron chi connectivity index (χ3n) is 2.36. The maximum atomic E-state index is 13.4. The summed E-state index contributed by atoms with van der Waals surface area (Å²) in [4.78, 5) is 4.13. The lowest BCUT2D eigenvalue weighted by molar-refractivity contribution is 0.318. The standard InChI is InChI=1S/C14H17FN2O2/c1-14(2,3)16-8-10-9-18-13(17-10)19-12-7-5-4-6-11(12)15/h4-7,9,16H,8H2,1-3H3. The molecule has 0 radical (unpaired) electrons. The Hall–Kier alpha value is -1.88. The van der Waals surface area contributed by atoms with Gasteiger partial charge in [-0.1, -0.05) is 12.1 Å². The molecule has 1 aromatic heterocycles. The molecule has 5 heteroatoms. The summed E-state index contributed by atoms with van der Waals surface area (Å²) >= 11 is 0. The predicted molar refractivity (Wildman–Crippen MR) is 69.6 cm³/mol. The molecule has 0 bridgehead atoms. The quantitative estimate of drug-likeness (QED) is 0.918. The second-order valence-electron chi connectivity index (χ2n) is 5.24. The lowest BCUT2D eigenvalue weighted by Crippen LogP contribution is -2.35. The van der Waals surface area contributed by atoms with Crippen molar-refractivity contribution >= 4 is 0 Å². The van der Waals surface area contributed by atoms with Gasteiger partial charge in [-0.05, 0) is 32.9 Å². The van der Waals surface area contributed by atoms with Crippen LogP contribution in [-0.4, -0.2) is 10.5 Å². The molecule has 0 spiro atoms. The maximum absolute atomic E-state index is 13.4. The van der Waals surface area contributed by atoms with E-state index >= 15 is 0 Å². The monoisotopic (exact) mass is 264 g/mol. The Bertz CT molecular complexity index is 546. The van der Waals surface area contributed by atoms with Crippen LogP contribution in [-0.2, 0) is 6.54 Å². The average molecular weight is 264 g/mol. The Balaban J connectivity index is 2.00. The molecule has 0 aliphatic rings. The Morgan fingerprint density at radius 1 is 1.32 bits per heavy atom. The van der Waals surface area contributed by atoms with Gasteiger partial charge in [0.1, 0.15) is 6.26 Å². The predicted octanol–water partition coefficient (Wildman–Crippen LogP) is 3.49. The fourth-order valence-corrected chi connectivity index (χ4v) is 1.39. The van der Waals surface area contributed by atoms with E-state index < -0.39 is 5.82 Å². The number of aromatic nitrogens is 1. The van der Waals surface area contributed by atoms with Crippen LogP contribution in [0.5, 0.6) is 11.8 Å². The average Bonchev–Trinajstić information content (AvgIpc) is 2.77. The van der Waals surface area contributed by atoms with E-state index in [2.05, 4.69) is 31.1 Å². The van der Waals surface area contributed by atoms with E-state index in [-0.39, 0.29) is 17.4 Å². The number of nitrogens with zero attached hydrogens (tertiary/aromatic N) is 1. The van der Waals surface area contributed by atoms with Gasteiger partial charge < -0.3 is 14.5 Å². The number of rotatable bonds is 4. The highest BCUT2D eigenvalue weighted by atomic mass is 19.1. The van der Waals surface area contributed by atoms with E-state index in [1.807, 2.05) is 0 Å². The van der Waals surface area contributed by atoms with Crippen molar-refractivity contribution in [3.05, 3.63) is 42.0 Å². The summed E-state index contributed by atoms with van der Waals surface area (Å²) < 4.78 is 23.8. The number of oxazole rings is 1. The SMILES string of the molecule is CC(C)(C)NCc1coc(Oc2ccccc2F)n1. The molecule has 2 rings (SSSR count). The molecule has 4 nitrogen and oxygen atoms in total. The summed E-state index contributed by atoms with van der Waals surface area (Å²) in [5.41, 5.74) is 0.701. The number of benzene rings is 1. The Labute approximate surface area is 111 Å². The van der Waals surface area contributed by atoms with Gasteiger partial charge in [-0.15, -0.1) is 0 Å². The van der Waals surface area contributed by atoms with Gasteiger partial charge in [0, 0.05) is 12.1 Å². The van der Waals surface area contributed by atoms with Crippen LogP contribution < -0.4 is 10.1 Å². The van der Waals surface area contributed by atoms with Crippen LogP contribution in [0.3, 0.4) is 0 Å². The first-order valence-electron chi connectivity index (χ1n) is 6.06. The zero-order valence-electron chi connectivity index (χ0n) is 11.2. The van der Waals surface area contributed by atoms with Crippen molar-refractivity contribution < 1.29 is 13.5 Å². The molecule has 1 heterocycles. The van der Waals surface area contributed by atoms with E-state index in [0.717, 1.165) is 0 Å². The first-order valence-corrected chi connectivity index (χ1v) is 6.06. The lowest BCUT2D eigenvalue weighted by Gasteiger charge is -2.19. The van der Waals surface area contributed by atoms with Crippen LogP contribution >= 0.6 is 0 Å². The minimum absolute atomic E-state index is 0.00842. The summed E-state index contributed by atoms with van der Waals surface area (Å²) in [5.74, 6) is -0.352. The van der Waals surface area contributed by atoms with Crippen molar-refractivity contribution in [2.75, 3.05) is 0 Å². The molecule has 1 aromatic carbocycles. The van der Waals surface area contributed by atoms with Gasteiger partial charge >= 0.3 is 6.08 Å². The van der Waals surface area contributed by atoms with Crippen LogP contribution in [0.1, 0.15) is 26.5 Å². The van der Waals surface area contributed by atoms with Gasteiger partial charge in [0.15, 0.2) is 11.6 Å². The van der Waals surface area contributed by atoms with Crippen molar-refractivity contribution in [3.63, 3.8) is 0 Å². The van der Waals surface area contributed by atoms with Crippen molar-refractivity contribution in [1.82, 2.24) is 10.3 Å². The van der Waals surface area contributed by atoms with Gasteiger partial charge in [-0.3, -0.25) is 0 Å². The molecule has 0 fully saturated rings. The minimum atomic E-state index is -0.449. The van der Waals surface area contributed by atoms with E-state index in [0.29, 0.717) is 12.2 Å². The zero-order valence-corrected chi connectivity index (χ0v) is 11.2. The summed E-state index contributed by atoms with van der Waals surface area (Å²) in [6, 6.07) is 6.12. The summed E-state index contributed by atoms with van der Waals surface area (Å²) in [6.45, 7) is 6.74. The molecule has 0 amide bonds. The summed E-state index contributed by atoms with van der Waals surface area (Å²) in [5, 5.41) is 3.27. The van der Waals surface area contributed by atoms with Crippen LogP contribution in [0, 0.1) is 5.82 Å². The number of hydrogen-bond donors (Lipinski definition) is 1. The molecule has 0 saturated heterocycles. The highest BCUT2D eigenvalue weighted by Crippen LogP contribution is 2.23. The number of halogens is 1. The highest BCUT2D eigenvalue weighted by molar-refractivity contribution is 5.26. The van der Waals surface area contributed by atoms with E-state index in [1.165, 1.54) is 18.4 Å². The largest absolute Gasteiger partial charge is 0.417 e. The number of hydrogen-bond acceptors (Lipinski definition) is 4. The number of nitrogens with one attached hydrogen (secondary N) is 1. The molecule has 0 aliphatic carbocycles. The molecular weight excluding hydrogens is 247 g/mol. The molecule has 0 aliphatic heterocycles. The Kier molecular flexibility index (Phi) is 3.85. The first kappa shape index (κ1) is 13.5. The topological polar surface area (TPSA) is 47.3 Å². The molecule has 0 unspecified atom stereocenters. The zero-order chi connectivity index (χ0) is 13.9. The van der Waals surface area contributed by atoms with Crippen molar-refractivity contribution in [3.8, 4) is 11.8 Å². The summed E-state index contributed by atoms with van der Waals surface area (Å²) in [7, 11) is 0. The lowest BCUT2D eigenvalue weighted by atomic mass is 10.1. The van der Waals surface area contributed by atoms with Gasteiger partial charge in [0.25, 0.3) is 0 Å². The van der Waals surface area contributed by atoms with E-state index in [4.69, 9.17) is 9.15 Å². The third kappa shape index (κ3) is 4.06. The van der Waals surface area contributed by atoms with E-state index in [9.17, 15) is 4.39 Å². The molecule has 0 atom stereocenters. The third-order valence-corrected chi connectivity index (χ3v) is 2.36. The van der Waals surface area contributed by atoms with Gasteiger partial charge in [-0.2, -0.15) is 4.98 Å². The smallest absolute Gasteiger partial charge is 0.399 e. The van der Waals surface area contributed by atoms with Crippen molar-refractivity contribution in [1.29, 1.82) is 0 Å². The Morgan fingerprint density at radius 2 is 2.05 bits per heavy atom. The minimum Gasteiger partial charge on any atom is -0.417 e. The normalized spacial score (nSPS) is 11.6. The fourth-order valence-electron chi connectivity index (χ4n) is 1.39. The second kappa shape index (κ2) is 5.40. The molecular formula is C14H17FN2O2. The van der Waals surface area contributed by atoms with Crippen LogP contribution in [0.25, 0.3) is 0 Å². The molecule has 19 heavy (non-hydrogen) atoms. The highest BCUT2D eigenvalue weighted by Gasteiger charge is 2.12. The van der Waals surface area contributed by atoms with Crippen molar-refractivity contribution in [2.45, 2.75) is 32.9 Å². The van der Waals surface area contributed by atoms with Crippen molar-refractivity contribution in [2.24, 2.45) is 0 Å². The van der Waals surface area contributed by atoms with E-state index in [1.54, 1.807) is 12.1 Å². The second-order valence-corrected chi connectivity index (χ2v) is 5.24. The molecule has 2 aromatic rings. The fraction of sp³-hybridized carbons (Fsp3) is 0.357. The van der Waals surface area contributed by atoms with Crippen LogP contribution in [0.2, 0.25) is 0 Å². The number of ether oxygens (including phenoxy) is 1. The first-order chi connectivity index (χ1) is 8.94. The van der Waals surface area contributed by atoms with Gasteiger partial charge in [0.2, 0.25) is 0 Å². The molecule has 0 saturated carbocycles. The molecule has 102 valence electrons. The summed E-state index contributed by atoms with van der Waals surface area (Å²) in [6.07, 6.45) is 1.53. The van der Waals surface area contributed by atoms with Gasteiger partial charge in [0.05, 0.1) is 5.69 Å².